The Kier molecular flexibility index (Phi) is 6.75. The minimum absolute atomic E-state index is 0.0582. The Hall–Kier alpha value is -2.40. The number of hydrogen-bond donors (Lipinski definition) is 2. The average Bonchev–Trinajstić information content (AvgIpc) is 3.08. The molecule has 126 valence electrons. The summed E-state index contributed by atoms with van der Waals surface area (Å²) in [5.41, 5.74) is 0.776. The Morgan fingerprint density at radius 1 is 1.17 bits per heavy atom. The number of carbonyl (C=O) groups excluding carboxylic acids is 2. The van der Waals surface area contributed by atoms with Crippen LogP contribution in [0.25, 0.3) is 6.08 Å². The van der Waals surface area contributed by atoms with E-state index in [0.717, 1.165) is 17.7 Å². The highest BCUT2D eigenvalue weighted by molar-refractivity contribution is 7.10. The second-order valence-corrected chi connectivity index (χ2v) is 6.54. The van der Waals surface area contributed by atoms with Crippen LogP contribution in [0.15, 0.2) is 53.5 Å². The van der Waals surface area contributed by atoms with Gasteiger partial charge in [-0.05, 0) is 43.0 Å². The predicted molar refractivity (Wildman–Crippen MR) is 98.7 cm³/mol. The Labute approximate surface area is 146 Å². The van der Waals surface area contributed by atoms with Crippen molar-refractivity contribution < 1.29 is 9.59 Å². The van der Waals surface area contributed by atoms with Crippen LogP contribution in [0.2, 0.25) is 0 Å². The van der Waals surface area contributed by atoms with E-state index in [9.17, 15) is 9.59 Å². The van der Waals surface area contributed by atoms with Crippen LogP contribution in [0.5, 0.6) is 0 Å². The van der Waals surface area contributed by atoms with Gasteiger partial charge in [-0.2, -0.15) is 0 Å². The normalized spacial score (nSPS) is 12.5. The maximum Gasteiger partial charge on any atom is 0.268 e. The second-order valence-electron chi connectivity index (χ2n) is 5.56. The molecule has 0 bridgehead atoms. The van der Waals surface area contributed by atoms with E-state index in [0.29, 0.717) is 5.56 Å². The third-order valence-electron chi connectivity index (χ3n) is 3.46. The third-order valence-corrected chi connectivity index (χ3v) is 4.28. The van der Waals surface area contributed by atoms with Crippen LogP contribution in [0.1, 0.15) is 41.9 Å². The lowest BCUT2D eigenvalue weighted by molar-refractivity contribution is -0.118. The Morgan fingerprint density at radius 2 is 1.92 bits per heavy atom. The number of thiophene rings is 1. The average molecular weight is 342 g/mol. The molecule has 0 spiro atoms. The number of hydrogen-bond acceptors (Lipinski definition) is 3. The van der Waals surface area contributed by atoms with Gasteiger partial charge in [0.05, 0.1) is 0 Å². The van der Waals surface area contributed by atoms with Crippen molar-refractivity contribution in [2.45, 2.75) is 32.7 Å². The maximum absolute atomic E-state index is 12.5. The highest BCUT2D eigenvalue weighted by atomic mass is 32.1. The van der Waals surface area contributed by atoms with Crippen LogP contribution in [0.4, 0.5) is 0 Å². The SMILES string of the molecule is CCC[C@@H](C)NC(=O)/C(=C/c1cccs1)NC(=O)c1ccccc1. The van der Waals surface area contributed by atoms with Crippen LogP contribution < -0.4 is 10.6 Å². The molecule has 4 nitrogen and oxygen atoms in total. The van der Waals surface area contributed by atoms with Crippen molar-refractivity contribution in [1.82, 2.24) is 10.6 Å². The van der Waals surface area contributed by atoms with E-state index < -0.39 is 0 Å². The van der Waals surface area contributed by atoms with Gasteiger partial charge in [-0.1, -0.05) is 37.6 Å². The molecule has 2 aromatic rings. The maximum atomic E-state index is 12.5. The van der Waals surface area contributed by atoms with E-state index >= 15 is 0 Å². The van der Waals surface area contributed by atoms with Crippen molar-refractivity contribution in [3.8, 4) is 0 Å². The molecule has 5 heteroatoms. The quantitative estimate of drug-likeness (QED) is 0.752. The number of nitrogens with one attached hydrogen (secondary N) is 2. The molecular formula is C19H22N2O2S. The van der Waals surface area contributed by atoms with E-state index in [-0.39, 0.29) is 23.6 Å². The second kappa shape index (κ2) is 9.03. The van der Waals surface area contributed by atoms with Gasteiger partial charge in [-0.3, -0.25) is 9.59 Å². The zero-order chi connectivity index (χ0) is 17.4. The van der Waals surface area contributed by atoms with E-state index in [1.807, 2.05) is 30.5 Å². The van der Waals surface area contributed by atoms with Gasteiger partial charge in [0.15, 0.2) is 0 Å². The molecule has 0 unspecified atom stereocenters. The van der Waals surface area contributed by atoms with E-state index in [1.165, 1.54) is 11.3 Å². The van der Waals surface area contributed by atoms with Crippen LogP contribution >= 0.6 is 11.3 Å². The fraction of sp³-hybridized carbons (Fsp3) is 0.263. The molecule has 1 aromatic carbocycles. The van der Waals surface area contributed by atoms with Gasteiger partial charge in [-0.25, -0.2) is 0 Å². The number of benzene rings is 1. The van der Waals surface area contributed by atoms with E-state index in [1.54, 1.807) is 30.3 Å². The van der Waals surface area contributed by atoms with Gasteiger partial charge in [0.1, 0.15) is 5.70 Å². The van der Waals surface area contributed by atoms with E-state index in [4.69, 9.17) is 0 Å². The molecule has 0 aliphatic heterocycles. The van der Waals surface area contributed by atoms with Gasteiger partial charge in [0.25, 0.3) is 11.8 Å². The summed E-state index contributed by atoms with van der Waals surface area (Å²) in [6, 6.07) is 12.7. The molecule has 1 aromatic heterocycles. The van der Waals surface area contributed by atoms with Crippen LogP contribution in [0, 0.1) is 0 Å². The molecule has 0 saturated heterocycles. The molecule has 0 aliphatic rings. The van der Waals surface area contributed by atoms with Gasteiger partial charge in [0, 0.05) is 16.5 Å². The van der Waals surface area contributed by atoms with Crippen molar-refractivity contribution in [3.63, 3.8) is 0 Å². The van der Waals surface area contributed by atoms with Gasteiger partial charge >= 0.3 is 0 Å². The number of rotatable bonds is 7. The Morgan fingerprint density at radius 3 is 2.54 bits per heavy atom. The number of amides is 2. The first-order chi connectivity index (χ1) is 11.6. The first-order valence-electron chi connectivity index (χ1n) is 8.02. The monoisotopic (exact) mass is 342 g/mol. The molecule has 24 heavy (non-hydrogen) atoms. The van der Waals surface area contributed by atoms with Crippen molar-refractivity contribution in [2.24, 2.45) is 0 Å². The Bertz CT molecular complexity index is 693. The molecule has 0 saturated carbocycles. The summed E-state index contributed by atoms with van der Waals surface area (Å²) in [5, 5.41) is 7.60. The van der Waals surface area contributed by atoms with Crippen LogP contribution in [0.3, 0.4) is 0 Å². The zero-order valence-electron chi connectivity index (χ0n) is 13.9. The molecular weight excluding hydrogens is 320 g/mol. The fourth-order valence-corrected chi connectivity index (χ4v) is 2.92. The highest BCUT2D eigenvalue weighted by Crippen LogP contribution is 2.13. The van der Waals surface area contributed by atoms with Crippen LogP contribution in [-0.4, -0.2) is 17.9 Å². The van der Waals surface area contributed by atoms with Crippen molar-refractivity contribution in [3.05, 3.63) is 64.0 Å². The smallest absolute Gasteiger partial charge is 0.268 e. The van der Waals surface area contributed by atoms with Crippen molar-refractivity contribution in [2.75, 3.05) is 0 Å². The third kappa shape index (κ3) is 5.35. The molecule has 0 aliphatic carbocycles. The predicted octanol–water partition coefficient (Wildman–Crippen LogP) is 3.82. The highest BCUT2D eigenvalue weighted by Gasteiger charge is 2.16. The molecule has 0 fully saturated rings. The largest absolute Gasteiger partial charge is 0.348 e. The van der Waals surface area contributed by atoms with Gasteiger partial charge in [-0.15, -0.1) is 11.3 Å². The molecule has 2 rings (SSSR count). The molecule has 1 atom stereocenters. The fourth-order valence-electron chi connectivity index (χ4n) is 2.26. The number of carbonyl (C=O) groups is 2. The molecule has 1 heterocycles. The summed E-state index contributed by atoms with van der Waals surface area (Å²) in [7, 11) is 0. The van der Waals surface area contributed by atoms with Gasteiger partial charge in [0.2, 0.25) is 0 Å². The lowest BCUT2D eigenvalue weighted by Gasteiger charge is -2.15. The zero-order valence-corrected chi connectivity index (χ0v) is 14.7. The lowest BCUT2D eigenvalue weighted by Crippen LogP contribution is -2.39. The minimum atomic E-state index is -0.295. The summed E-state index contributed by atoms with van der Waals surface area (Å²) in [6.45, 7) is 4.03. The summed E-state index contributed by atoms with van der Waals surface area (Å²) in [4.78, 5) is 25.8. The van der Waals surface area contributed by atoms with Gasteiger partial charge < -0.3 is 10.6 Å². The molecule has 2 N–H and O–H groups in total. The topological polar surface area (TPSA) is 58.2 Å². The molecule has 2 amide bonds. The summed E-state index contributed by atoms with van der Waals surface area (Å²) in [6.07, 6.45) is 3.59. The first kappa shape index (κ1) is 17.9. The lowest BCUT2D eigenvalue weighted by atomic mass is 10.2. The summed E-state index contributed by atoms with van der Waals surface area (Å²) < 4.78 is 0. The Balaban J connectivity index is 2.17. The summed E-state index contributed by atoms with van der Waals surface area (Å²) in [5.74, 6) is -0.565. The van der Waals surface area contributed by atoms with E-state index in [2.05, 4.69) is 17.6 Å². The minimum Gasteiger partial charge on any atom is -0.348 e. The first-order valence-corrected chi connectivity index (χ1v) is 8.90. The van der Waals surface area contributed by atoms with Crippen LogP contribution in [-0.2, 0) is 4.79 Å². The van der Waals surface area contributed by atoms with Crippen molar-refractivity contribution >= 4 is 29.2 Å². The van der Waals surface area contributed by atoms with Crippen molar-refractivity contribution in [1.29, 1.82) is 0 Å². The summed E-state index contributed by atoms with van der Waals surface area (Å²) >= 11 is 1.51. The molecule has 0 radical (unpaired) electrons. The standard InChI is InChI=1S/C19H22N2O2S/c1-3-8-14(2)20-19(23)17(13-16-11-7-12-24-16)21-18(22)15-9-5-4-6-10-15/h4-7,9-14H,3,8H2,1-2H3,(H,20,23)(H,21,22)/b17-13-/t14-/m1/s1.